The number of aryl methyl sites for hydroxylation is 2. The molecule has 0 saturated heterocycles. The van der Waals surface area contributed by atoms with E-state index >= 15 is 0 Å². The van der Waals surface area contributed by atoms with Crippen LogP contribution in [0.5, 0.6) is 5.88 Å². The number of benzene rings is 2. The number of pyridine rings is 1. The lowest BCUT2D eigenvalue weighted by atomic mass is 9.98. The van der Waals surface area contributed by atoms with E-state index in [2.05, 4.69) is 64.0 Å². The first kappa shape index (κ1) is 22.6. The Morgan fingerprint density at radius 3 is 2.77 bits per heavy atom. The molecule has 1 aliphatic heterocycles. The van der Waals surface area contributed by atoms with E-state index in [0.29, 0.717) is 18.0 Å². The molecule has 0 fully saturated rings. The number of aromatic nitrogens is 3. The van der Waals surface area contributed by atoms with Gasteiger partial charge in [-0.1, -0.05) is 42.0 Å². The van der Waals surface area contributed by atoms with Crippen LogP contribution in [0, 0.1) is 18.3 Å². The minimum Gasteiger partial charge on any atom is -0.469 e. The summed E-state index contributed by atoms with van der Waals surface area (Å²) in [5.41, 5.74) is 7.19. The lowest BCUT2D eigenvalue weighted by Gasteiger charge is -2.33. The Labute approximate surface area is 205 Å². The fraction of sp³-hybridized carbons (Fsp3) is 0.250. The maximum Gasteiger partial charge on any atom is 0.237 e. The van der Waals surface area contributed by atoms with Crippen LogP contribution >= 0.6 is 0 Å². The van der Waals surface area contributed by atoms with Gasteiger partial charge in [0.25, 0.3) is 0 Å². The van der Waals surface area contributed by atoms with E-state index in [4.69, 9.17) is 10.00 Å². The third kappa shape index (κ3) is 5.18. The summed E-state index contributed by atoms with van der Waals surface area (Å²) in [5, 5.41) is 20.5. The normalized spacial score (nSPS) is 15.4. The summed E-state index contributed by atoms with van der Waals surface area (Å²) in [7, 11) is 1.90. The second-order valence-corrected chi connectivity index (χ2v) is 8.92. The molecule has 2 atom stereocenters. The number of hydrogen-bond donors (Lipinski definition) is 2. The van der Waals surface area contributed by atoms with E-state index in [1.165, 1.54) is 16.7 Å². The molecule has 0 radical (unpaired) electrons. The Morgan fingerprint density at radius 2 is 2.03 bits per heavy atom. The molecule has 176 valence electrons. The van der Waals surface area contributed by atoms with Gasteiger partial charge in [-0.05, 0) is 49.2 Å². The zero-order chi connectivity index (χ0) is 24.2. The molecule has 0 aliphatic carbocycles. The zero-order valence-corrected chi connectivity index (χ0v) is 19.9. The number of hydrogen-bond acceptors (Lipinski definition) is 6. The highest BCUT2D eigenvalue weighted by Crippen LogP contribution is 2.34. The van der Waals surface area contributed by atoms with Gasteiger partial charge in [-0.25, -0.2) is 4.98 Å². The van der Waals surface area contributed by atoms with Crippen molar-refractivity contribution in [2.75, 3.05) is 18.4 Å². The topological polar surface area (TPSA) is 87.8 Å². The highest BCUT2D eigenvalue weighted by molar-refractivity contribution is 5.69. The van der Waals surface area contributed by atoms with E-state index < -0.39 is 0 Å². The minimum absolute atomic E-state index is 0.00580. The van der Waals surface area contributed by atoms with Gasteiger partial charge in [0, 0.05) is 30.6 Å². The molecule has 0 unspecified atom stereocenters. The van der Waals surface area contributed by atoms with Crippen LogP contribution in [0.4, 0.5) is 5.69 Å². The van der Waals surface area contributed by atoms with Gasteiger partial charge in [0.15, 0.2) is 0 Å². The van der Waals surface area contributed by atoms with Crippen LogP contribution in [0.1, 0.15) is 28.3 Å². The Hall–Kier alpha value is -4.15. The number of nitriles is 1. The molecule has 35 heavy (non-hydrogen) atoms. The number of rotatable bonds is 7. The Kier molecular flexibility index (Phi) is 6.47. The summed E-state index contributed by atoms with van der Waals surface area (Å²) in [6.45, 7) is 3.55. The van der Waals surface area contributed by atoms with Gasteiger partial charge >= 0.3 is 0 Å². The summed E-state index contributed by atoms with van der Waals surface area (Å²) in [4.78, 5) is 4.62. The summed E-state index contributed by atoms with van der Waals surface area (Å²) >= 11 is 0. The highest BCUT2D eigenvalue weighted by Gasteiger charge is 2.29. The van der Waals surface area contributed by atoms with Crippen molar-refractivity contribution in [1.29, 1.82) is 5.26 Å². The number of anilines is 1. The lowest BCUT2D eigenvalue weighted by molar-refractivity contribution is 0.150. The van der Waals surface area contributed by atoms with Gasteiger partial charge in [-0.15, -0.1) is 0 Å². The molecule has 7 heteroatoms. The minimum atomic E-state index is -0.123. The van der Waals surface area contributed by atoms with E-state index in [9.17, 15) is 0 Å². The van der Waals surface area contributed by atoms with Crippen molar-refractivity contribution < 1.29 is 4.74 Å². The van der Waals surface area contributed by atoms with Crippen LogP contribution in [0.2, 0.25) is 0 Å². The standard InChI is InChI=1S/C28H28N6O/c1-19-4-3-5-22(12-19)27(30-11-10-20-6-8-21(14-29)9-7-20)26-17-31-25-13-23(15-32-28(25)35-26)24-16-33-34(2)18-24/h3-9,12-13,15-16,18,26-27,30-31H,10-11,17H2,1-2H3/t26-,27-/m0/s1. The predicted octanol–water partition coefficient (Wildman–Crippen LogP) is 4.41. The van der Waals surface area contributed by atoms with Gasteiger partial charge in [0.05, 0.1) is 36.1 Å². The largest absolute Gasteiger partial charge is 0.469 e. The lowest BCUT2D eigenvalue weighted by Crippen LogP contribution is -2.43. The highest BCUT2D eigenvalue weighted by atomic mass is 16.5. The fourth-order valence-electron chi connectivity index (χ4n) is 4.43. The third-order valence-electron chi connectivity index (χ3n) is 6.28. The molecule has 2 N–H and O–H groups in total. The zero-order valence-electron chi connectivity index (χ0n) is 19.9. The number of nitrogens with one attached hydrogen (secondary N) is 2. The van der Waals surface area contributed by atoms with E-state index in [-0.39, 0.29) is 12.1 Å². The third-order valence-corrected chi connectivity index (χ3v) is 6.28. The van der Waals surface area contributed by atoms with E-state index in [0.717, 1.165) is 29.8 Å². The quantitative estimate of drug-likeness (QED) is 0.421. The van der Waals surface area contributed by atoms with Crippen molar-refractivity contribution in [2.24, 2.45) is 7.05 Å². The average molecular weight is 465 g/mol. The first-order valence-electron chi connectivity index (χ1n) is 11.8. The molecule has 1 aliphatic rings. The summed E-state index contributed by atoms with van der Waals surface area (Å²) in [5.74, 6) is 0.612. The van der Waals surface area contributed by atoms with Crippen molar-refractivity contribution in [3.63, 3.8) is 0 Å². The van der Waals surface area contributed by atoms with Crippen molar-refractivity contribution >= 4 is 5.69 Å². The molecule has 7 nitrogen and oxygen atoms in total. The molecule has 0 saturated carbocycles. The maximum atomic E-state index is 9.02. The average Bonchev–Trinajstić information content (AvgIpc) is 3.32. The molecule has 0 bridgehead atoms. The van der Waals surface area contributed by atoms with E-state index in [1.54, 1.807) is 4.68 Å². The number of fused-ring (bicyclic) bond motifs is 1. The van der Waals surface area contributed by atoms with Crippen molar-refractivity contribution in [1.82, 2.24) is 20.1 Å². The van der Waals surface area contributed by atoms with Gasteiger partial charge in [-0.2, -0.15) is 10.4 Å². The van der Waals surface area contributed by atoms with Crippen LogP contribution in [0.15, 0.2) is 73.2 Å². The fourth-order valence-corrected chi connectivity index (χ4v) is 4.43. The Morgan fingerprint density at radius 1 is 1.17 bits per heavy atom. The molecule has 2 aromatic carbocycles. The second kappa shape index (κ2) is 10.00. The summed E-state index contributed by atoms with van der Waals surface area (Å²) in [6.07, 6.45) is 6.38. The molecule has 4 aromatic rings. The van der Waals surface area contributed by atoms with Crippen LogP contribution in [0.3, 0.4) is 0 Å². The molecule has 5 rings (SSSR count). The van der Waals surface area contributed by atoms with Crippen LogP contribution < -0.4 is 15.4 Å². The maximum absolute atomic E-state index is 9.02. The number of ether oxygens (including phenoxy) is 1. The number of nitrogens with zero attached hydrogens (tertiary/aromatic N) is 4. The van der Waals surface area contributed by atoms with E-state index in [1.807, 2.05) is 49.9 Å². The monoisotopic (exact) mass is 464 g/mol. The Balaban J connectivity index is 1.32. The van der Waals surface area contributed by atoms with Crippen molar-refractivity contribution in [2.45, 2.75) is 25.5 Å². The first-order chi connectivity index (χ1) is 17.1. The molecule has 2 aromatic heterocycles. The van der Waals surface area contributed by atoms with Crippen molar-refractivity contribution in [3.8, 4) is 23.1 Å². The molecular weight excluding hydrogens is 436 g/mol. The van der Waals surface area contributed by atoms with Crippen molar-refractivity contribution in [3.05, 3.63) is 95.4 Å². The summed E-state index contributed by atoms with van der Waals surface area (Å²) in [6, 6.07) is 20.5. The molecular formula is C28H28N6O. The SMILES string of the molecule is Cc1cccc([C@H](NCCc2ccc(C#N)cc2)[C@@H]2CNc3cc(-c4cnn(C)c4)cnc3O2)c1. The molecule has 3 heterocycles. The first-order valence-corrected chi connectivity index (χ1v) is 11.8. The van der Waals surface area contributed by atoms with Crippen LogP contribution in [0.25, 0.3) is 11.1 Å². The van der Waals surface area contributed by atoms with Gasteiger partial charge in [-0.3, -0.25) is 4.68 Å². The van der Waals surface area contributed by atoms with Crippen LogP contribution in [-0.2, 0) is 13.5 Å². The molecule has 0 amide bonds. The van der Waals surface area contributed by atoms with Gasteiger partial charge in [0.1, 0.15) is 6.10 Å². The van der Waals surface area contributed by atoms with Crippen LogP contribution in [-0.4, -0.2) is 34.0 Å². The summed E-state index contributed by atoms with van der Waals surface area (Å²) < 4.78 is 8.21. The second-order valence-electron chi connectivity index (χ2n) is 8.92. The molecule has 0 spiro atoms. The smallest absolute Gasteiger partial charge is 0.237 e. The van der Waals surface area contributed by atoms with Gasteiger partial charge < -0.3 is 15.4 Å². The predicted molar refractivity (Wildman–Crippen MR) is 136 cm³/mol. The van der Waals surface area contributed by atoms with Gasteiger partial charge in [0.2, 0.25) is 5.88 Å². The Bertz CT molecular complexity index is 1350.